The molecule has 0 spiro atoms. The highest BCUT2D eigenvalue weighted by atomic mass is 16.5. The summed E-state index contributed by atoms with van der Waals surface area (Å²) in [4.78, 5) is 12.0. The van der Waals surface area contributed by atoms with Crippen LogP contribution >= 0.6 is 0 Å². The second-order valence-corrected chi connectivity index (χ2v) is 5.19. The summed E-state index contributed by atoms with van der Waals surface area (Å²) in [6.45, 7) is 7.95. The number of rotatable bonds is 7. The number of hydrogen-bond donors (Lipinski definition) is 1. The molecule has 0 bridgehead atoms. The molecule has 0 atom stereocenters. The Bertz CT molecular complexity index is 617. The Hall–Kier alpha value is -2.14. The van der Waals surface area contributed by atoms with Crippen LogP contribution in [0.2, 0.25) is 0 Å². The number of ether oxygens (including phenoxy) is 1. The molecule has 0 radical (unpaired) electrons. The lowest BCUT2D eigenvalue weighted by molar-refractivity contribution is 0.0944. The minimum atomic E-state index is -0.0589. The average Bonchev–Trinajstić information content (AvgIpc) is 2.85. The quantitative estimate of drug-likeness (QED) is 0.800. The van der Waals surface area contributed by atoms with Crippen molar-refractivity contribution in [2.45, 2.75) is 27.2 Å². The lowest BCUT2D eigenvalue weighted by Gasteiger charge is -2.07. The van der Waals surface area contributed by atoms with Crippen molar-refractivity contribution in [1.29, 1.82) is 0 Å². The highest BCUT2D eigenvalue weighted by Crippen LogP contribution is 2.13. The van der Waals surface area contributed by atoms with E-state index in [1.807, 2.05) is 55.8 Å². The maximum Gasteiger partial charge on any atom is 0.251 e. The minimum Gasteiger partial charge on any atom is -0.382 e. The van der Waals surface area contributed by atoms with Gasteiger partial charge in [-0.3, -0.25) is 4.79 Å². The van der Waals surface area contributed by atoms with Gasteiger partial charge < -0.3 is 10.1 Å². The van der Waals surface area contributed by atoms with E-state index in [0.717, 1.165) is 23.5 Å². The van der Waals surface area contributed by atoms with Gasteiger partial charge in [0.25, 0.3) is 5.91 Å². The molecule has 1 heterocycles. The van der Waals surface area contributed by atoms with Crippen LogP contribution in [0, 0.1) is 13.8 Å². The molecule has 1 aromatic carbocycles. The fourth-order valence-electron chi connectivity index (χ4n) is 2.27. The van der Waals surface area contributed by atoms with Gasteiger partial charge in [0.2, 0.25) is 0 Å². The van der Waals surface area contributed by atoms with Gasteiger partial charge in [-0.1, -0.05) is 0 Å². The van der Waals surface area contributed by atoms with E-state index in [9.17, 15) is 4.79 Å². The topological polar surface area (TPSA) is 56.1 Å². The van der Waals surface area contributed by atoms with E-state index in [2.05, 4.69) is 10.4 Å². The third kappa shape index (κ3) is 4.18. The Morgan fingerprint density at radius 3 is 2.59 bits per heavy atom. The fourth-order valence-corrected chi connectivity index (χ4v) is 2.27. The van der Waals surface area contributed by atoms with Crippen molar-refractivity contribution in [1.82, 2.24) is 15.1 Å². The summed E-state index contributed by atoms with van der Waals surface area (Å²) in [5.41, 5.74) is 3.67. The van der Waals surface area contributed by atoms with Crippen LogP contribution in [0.25, 0.3) is 5.69 Å². The van der Waals surface area contributed by atoms with E-state index in [1.54, 1.807) is 0 Å². The first-order valence-electron chi connectivity index (χ1n) is 7.61. The Balaban J connectivity index is 1.94. The number of nitrogens with one attached hydrogen (secondary N) is 1. The zero-order chi connectivity index (χ0) is 15.9. The first-order chi connectivity index (χ1) is 10.6. The van der Waals surface area contributed by atoms with Crippen LogP contribution in [-0.4, -0.2) is 35.4 Å². The Morgan fingerprint density at radius 1 is 1.27 bits per heavy atom. The second-order valence-electron chi connectivity index (χ2n) is 5.19. The Kier molecular flexibility index (Phi) is 5.72. The van der Waals surface area contributed by atoms with Gasteiger partial charge in [0, 0.05) is 31.0 Å². The zero-order valence-corrected chi connectivity index (χ0v) is 13.4. The van der Waals surface area contributed by atoms with E-state index in [1.165, 1.54) is 0 Å². The first kappa shape index (κ1) is 16.2. The largest absolute Gasteiger partial charge is 0.382 e. The predicted octanol–water partition coefficient (Wildman–Crippen LogP) is 2.65. The second kappa shape index (κ2) is 7.75. The lowest BCUT2D eigenvalue weighted by Crippen LogP contribution is -2.25. The van der Waals surface area contributed by atoms with Gasteiger partial charge >= 0.3 is 0 Å². The van der Waals surface area contributed by atoms with Crippen LogP contribution in [0.3, 0.4) is 0 Å². The molecule has 2 rings (SSSR count). The number of benzene rings is 1. The number of aryl methyl sites for hydroxylation is 2. The van der Waals surface area contributed by atoms with Gasteiger partial charge in [-0.05, 0) is 57.5 Å². The van der Waals surface area contributed by atoms with Crippen molar-refractivity contribution in [3.8, 4) is 5.69 Å². The molecule has 0 saturated heterocycles. The number of carbonyl (C=O) groups is 1. The van der Waals surface area contributed by atoms with Gasteiger partial charge in [0.15, 0.2) is 0 Å². The molecule has 0 unspecified atom stereocenters. The van der Waals surface area contributed by atoms with Crippen molar-refractivity contribution in [2.75, 3.05) is 19.8 Å². The number of hydrogen-bond acceptors (Lipinski definition) is 3. The van der Waals surface area contributed by atoms with Crippen molar-refractivity contribution in [2.24, 2.45) is 0 Å². The minimum absolute atomic E-state index is 0.0589. The molecule has 118 valence electrons. The molecule has 2 aromatic rings. The summed E-state index contributed by atoms with van der Waals surface area (Å²) in [6.07, 6.45) is 0.823. The van der Waals surface area contributed by atoms with Crippen molar-refractivity contribution < 1.29 is 9.53 Å². The highest BCUT2D eigenvalue weighted by molar-refractivity contribution is 5.94. The van der Waals surface area contributed by atoms with E-state index in [0.29, 0.717) is 25.3 Å². The van der Waals surface area contributed by atoms with Crippen LogP contribution in [0.15, 0.2) is 30.3 Å². The van der Waals surface area contributed by atoms with Crippen molar-refractivity contribution in [3.63, 3.8) is 0 Å². The Morgan fingerprint density at radius 2 is 2.00 bits per heavy atom. The SMILES string of the molecule is CCOCCCNC(=O)c1ccc(-n2nc(C)cc2C)cc1. The molecule has 0 saturated carbocycles. The third-order valence-corrected chi connectivity index (χ3v) is 3.34. The molecule has 5 heteroatoms. The third-order valence-electron chi connectivity index (χ3n) is 3.34. The monoisotopic (exact) mass is 301 g/mol. The Labute approximate surface area is 131 Å². The summed E-state index contributed by atoms with van der Waals surface area (Å²) < 4.78 is 7.11. The summed E-state index contributed by atoms with van der Waals surface area (Å²) >= 11 is 0. The summed E-state index contributed by atoms with van der Waals surface area (Å²) in [6, 6.07) is 9.50. The molecule has 0 aliphatic heterocycles. The predicted molar refractivity (Wildman–Crippen MR) is 86.5 cm³/mol. The normalized spacial score (nSPS) is 10.7. The van der Waals surface area contributed by atoms with Crippen molar-refractivity contribution >= 4 is 5.91 Å². The van der Waals surface area contributed by atoms with Gasteiger partial charge in [-0.25, -0.2) is 4.68 Å². The van der Waals surface area contributed by atoms with Crippen LogP contribution < -0.4 is 5.32 Å². The van der Waals surface area contributed by atoms with E-state index >= 15 is 0 Å². The van der Waals surface area contributed by atoms with Gasteiger partial charge in [0.1, 0.15) is 0 Å². The maximum atomic E-state index is 12.0. The van der Waals surface area contributed by atoms with E-state index < -0.39 is 0 Å². The molecule has 5 nitrogen and oxygen atoms in total. The molecular weight excluding hydrogens is 278 g/mol. The molecule has 22 heavy (non-hydrogen) atoms. The molecule has 0 fully saturated rings. The number of amides is 1. The summed E-state index contributed by atoms with van der Waals surface area (Å²) in [5, 5.41) is 7.33. The van der Waals surface area contributed by atoms with Gasteiger partial charge in [-0.2, -0.15) is 5.10 Å². The van der Waals surface area contributed by atoms with Gasteiger partial charge in [-0.15, -0.1) is 0 Å². The molecule has 1 aromatic heterocycles. The summed E-state index contributed by atoms with van der Waals surface area (Å²) in [5.74, 6) is -0.0589. The van der Waals surface area contributed by atoms with Crippen LogP contribution in [0.1, 0.15) is 35.1 Å². The van der Waals surface area contributed by atoms with Gasteiger partial charge in [0.05, 0.1) is 11.4 Å². The first-order valence-corrected chi connectivity index (χ1v) is 7.61. The number of aromatic nitrogens is 2. The van der Waals surface area contributed by atoms with E-state index in [4.69, 9.17) is 4.74 Å². The number of carbonyl (C=O) groups excluding carboxylic acids is 1. The highest BCUT2D eigenvalue weighted by Gasteiger charge is 2.07. The molecule has 1 amide bonds. The van der Waals surface area contributed by atoms with Crippen molar-refractivity contribution in [3.05, 3.63) is 47.3 Å². The molecule has 0 aliphatic carbocycles. The molecular formula is C17H23N3O2. The standard InChI is InChI=1S/C17H23N3O2/c1-4-22-11-5-10-18-17(21)15-6-8-16(9-7-15)20-14(3)12-13(2)19-20/h6-9,12H,4-5,10-11H2,1-3H3,(H,18,21). The number of nitrogens with zero attached hydrogens (tertiary/aromatic N) is 2. The van der Waals surface area contributed by atoms with Crippen LogP contribution in [0.5, 0.6) is 0 Å². The average molecular weight is 301 g/mol. The fraction of sp³-hybridized carbons (Fsp3) is 0.412. The summed E-state index contributed by atoms with van der Waals surface area (Å²) in [7, 11) is 0. The van der Waals surface area contributed by atoms with E-state index in [-0.39, 0.29) is 5.91 Å². The molecule has 1 N–H and O–H groups in total. The molecule has 0 aliphatic rings. The van der Waals surface area contributed by atoms with Crippen LogP contribution in [0.4, 0.5) is 0 Å². The maximum absolute atomic E-state index is 12.0. The smallest absolute Gasteiger partial charge is 0.251 e. The zero-order valence-electron chi connectivity index (χ0n) is 13.4. The lowest BCUT2D eigenvalue weighted by atomic mass is 10.2. The van der Waals surface area contributed by atoms with Crippen LogP contribution in [-0.2, 0) is 4.74 Å².